The number of hydrogen-bond acceptors (Lipinski definition) is 3. The molecule has 0 radical (unpaired) electrons. The third-order valence-corrected chi connectivity index (χ3v) is 7.34. The number of benzene rings is 2. The molecule has 2 fully saturated rings. The highest BCUT2D eigenvalue weighted by molar-refractivity contribution is 7.89. The van der Waals surface area contributed by atoms with Crippen LogP contribution in [-0.2, 0) is 10.0 Å². The summed E-state index contributed by atoms with van der Waals surface area (Å²) in [4.78, 5) is 0.420. The van der Waals surface area contributed by atoms with Gasteiger partial charge in [0.25, 0.3) is 0 Å². The van der Waals surface area contributed by atoms with Crippen molar-refractivity contribution in [1.29, 1.82) is 0 Å². The number of nitrogens with zero attached hydrogens (tertiary/aromatic N) is 1. The quantitative estimate of drug-likeness (QED) is 0.907. The lowest BCUT2D eigenvalue weighted by Crippen LogP contribution is -2.48. The summed E-state index contributed by atoms with van der Waals surface area (Å²) in [6, 6.07) is 14.2. The zero-order chi connectivity index (χ0) is 16.0. The second-order valence-electron chi connectivity index (χ2n) is 6.76. The molecule has 0 spiro atoms. The van der Waals surface area contributed by atoms with E-state index in [0.29, 0.717) is 17.0 Å². The van der Waals surface area contributed by atoms with Crippen LogP contribution in [0.5, 0.6) is 0 Å². The molecule has 1 N–H and O–H groups in total. The van der Waals surface area contributed by atoms with Crippen molar-refractivity contribution < 1.29 is 8.42 Å². The summed E-state index contributed by atoms with van der Waals surface area (Å²) >= 11 is 0. The number of nitrogens with one attached hydrogen (secondary N) is 1. The van der Waals surface area contributed by atoms with Crippen molar-refractivity contribution >= 4 is 33.2 Å². The van der Waals surface area contributed by atoms with E-state index >= 15 is 0 Å². The first-order valence-electron chi connectivity index (χ1n) is 8.27. The fraction of sp³-hybridized carbons (Fsp3) is 0.444. The van der Waals surface area contributed by atoms with E-state index in [-0.39, 0.29) is 18.4 Å². The fourth-order valence-corrected chi connectivity index (χ4v) is 5.69. The van der Waals surface area contributed by atoms with Gasteiger partial charge in [-0.25, -0.2) is 8.42 Å². The standard InChI is InChI=1S/C18H22N2O2S.ClH/c1-20(16-11-14-9-10-15(12-16)19-14)23(21,22)18-8-4-6-13-5-2-3-7-17(13)18;/h2-8,14-16,19H,9-12H2,1H3;1H. The molecule has 2 atom stereocenters. The zero-order valence-corrected chi connectivity index (χ0v) is 15.3. The SMILES string of the molecule is CN(C1CC2CCC(C1)N2)S(=O)(=O)c1cccc2ccccc12.Cl. The molecule has 24 heavy (non-hydrogen) atoms. The van der Waals surface area contributed by atoms with Gasteiger partial charge in [0.15, 0.2) is 0 Å². The number of rotatable bonds is 3. The highest BCUT2D eigenvalue weighted by Crippen LogP contribution is 2.33. The minimum absolute atomic E-state index is 0. The van der Waals surface area contributed by atoms with Crippen LogP contribution in [0.2, 0.25) is 0 Å². The van der Waals surface area contributed by atoms with Crippen LogP contribution in [-0.4, -0.2) is 37.9 Å². The van der Waals surface area contributed by atoms with E-state index in [9.17, 15) is 8.42 Å². The van der Waals surface area contributed by atoms with E-state index in [1.807, 2.05) is 36.4 Å². The summed E-state index contributed by atoms with van der Waals surface area (Å²) in [6.07, 6.45) is 4.17. The molecule has 0 saturated carbocycles. The van der Waals surface area contributed by atoms with Gasteiger partial charge < -0.3 is 5.32 Å². The monoisotopic (exact) mass is 366 g/mol. The van der Waals surface area contributed by atoms with Gasteiger partial charge in [0.2, 0.25) is 10.0 Å². The van der Waals surface area contributed by atoms with Gasteiger partial charge >= 0.3 is 0 Å². The Morgan fingerprint density at radius 2 is 1.62 bits per heavy atom. The van der Waals surface area contributed by atoms with Gasteiger partial charge in [-0.2, -0.15) is 4.31 Å². The summed E-state index contributed by atoms with van der Waals surface area (Å²) in [7, 11) is -1.74. The van der Waals surface area contributed by atoms with Gasteiger partial charge in [-0.3, -0.25) is 0 Å². The molecule has 0 aromatic heterocycles. The normalized spacial score (nSPS) is 26.5. The van der Waals surface area contributed by atoms with Gasteiger partial charge in [-0.05, 0) is 37.1 Å². The van der Waals surface area contributed by atoms with Crippen LogP contribution >= 0.6 is 12.4 Å². The molecule has 2 aromatic carbocycles. The Hall–Kier alpha value is -1.14. The molecule has 0 amide bonds. The fourth-order valence-electron chi connectivity index (χ4n) is 4.10. The Morgan fingerprint density at radius 3 is 2.33 bits per heavy atom. The summed E-state index contributed by atoms with van der Waals surface area (Å²) in [6.45, 7) is 0. The predicted octanol–water partition coefficient (Wildman–Crippen LogP) is 3.17. The molecule has 2 saturated heterocycles. The number of hydrogen-bond donors (Lipinski definition) is 1. The molecule has 2 heterocycles. The summed E-state index contributed by atoms with van der Waals surface area (Å²) in [5.41, 5.74) is 0. The van der Waals surface area contributed by atoms with Crippen molar-refractivity contribution in [2.45, 2.75) is 48.7 Å². The lowest BCUT2D eigenvalue weighted by Gasteiger charge is -2.35. The number of sulfonamides is 1. The number of halogens is 1. The molecule has 0 aliphatic carbocycles. The van der Waals surface area contributed by atoms with Gasteiger partial charge in [-0.15, -0.1) is 12.4 Å². The van der Waals surface area contributed by atoms with Crippen molar-refractivity contribution in [2.24, 2.45) is 0 Å². The smallest absolute Gasteiger partial charge is 0.243 e. The molecule has 4 nitrogen and oxygen atoms in total. The van der Waals surface area contributed by atoms with Crippen LogP contribution < -0.4 is 5.32 Å². The van der Waals surface area contributed by atoms with Crippen LogP contribution in [0.15, 0.2) is 47.4 Å². The highest BCUT2D eigenvalue weighted by Gasteiger charge is 2.39. The maximum atomic E-state index is 13.2. The Bertz CT molecular complexity index is 823. The van der Waals surface area contributed by atoms with Crippen LogP contribution in [0.1, 0.15) is 25.7 Å². The highest BCUT2D eigenvalue weighted by atomic mass is 35.5. The molecule has 2 bridgehead atoms. The zero-order valence-electron chi connectivity index (χ0n) is 13.7. The maximum Gasteiger partial charge on any atom is 0.243 e. The molecule has 130 valence electrons. The topological polar surface area (TPSA) is 49.4 Å². The maximum absolute atomic E-state index is 13.2. The van der Waals surface area contributed by atoms with Crippen molar-refractivity contribution in [3.05, 3.63) is 42.5 Å². The van der Waals surface area contributed by atoms with Crippen molar-refractivity contribution in [3.63, 3.8) is 0 Å². The first-order chi connectivity index (χ1) is 11.1. The molecular weight excluding hydrogens is 344 g/mol. The van der Waals surface area contributed by atoms with Crippen molar-refractivity contribution in [2.75, 3.05) is 7.05 Å². The first kappa shape index (κ1) is 17.7. The average molecular weight is 367 g/mol. The first-order valence-corrected chi connectivity index (χ1v) is 9.71. The van der Waals surface area contributed by atoms with E-state index < -0.39 is 10.0 Å². The molecule has 4 rings (SSSR count). The number of piperidine rings is 1. The third-order valence-electron chi connectivity index (χ3n) is 5.37. The predicted molar refractivity (Wildman–Crippen MR) is 99.1 cm³/mol. The van der Waals surface area contributed by atoms with Crippen LogP contribution in [0, 0.1) is 0 Å². The Kier molecular flexibility index (Phi) is 4.89. The molecular formula is C18H23ClN2O2S. The molecule has 2 aliphatic rings. The summed E-state index contributed by atoms with van der Waals surface area (Å²) in [5.74, 6) is 0. The average Bonchev–Trinajstić information content (AvgIpc) is 2.91. The second-order valence-corrected chi connectivity index (χ2v) is 8.73. The molecule has 2 aliphatic heterocycles. The largest absolute Gasteiger partial charge is 0.311 e. The lowest BCUT2D eigenvalue weighted by atomic mass is 10.0. The van der Waals surface area contributed by atoms with E-state index in [1.54, 1.807) is 17.4 Å². The Balaban J connectivity index is 0.00000169. The molecule has 6 heteroatoms. The van der Waals surface area contributed by atoms with Gasteiger partial charge in [0, 0.05) is 30.6 Å². The van der Waals surface area contributed by atoms with E-state index in [2.05, 4.69) is 5.32 Å². The lowest BCUT2D eigenvalue weighted by molar-refractivity contribution is 0.251. The third kappa shape index (κ3) is 2.94. The van der Waals surface area contributed by atoms with Crippen molar-refractivity contribution in [3.8, 4) is 0 Å². The van der Waals surface area contributed by atoms with Gasteiger partial charge in [0.1, 0.15) is 0 Å². The molecule has 2 aromatic rings. The number of fused-ring (bicyclic) bond motifs is 3. The van der Waals surface area contributed by atoms with Crippen LogP contribution in [0.25, 0.3) is 10.8 Å². The van der Waals surface area contributed by atoms with Gasteiger partial charge in [0.05, 0.1) is 4.90 Å². The van der Waals surface area contributed by atoms with Crippen molar-refractivity contribution in [1.82, 2.24) is 9.62 Å². The minimum atomic E-state index is -3.48. The van der Waals surface area contributed by atoms with E-state index in [4.69, 9.17) is 0 Å². The molecule has 2 unspecified atom stereocenters. The summed E-state index contributed by atoms with van der Waals surface area (Å²) in [5, 5.41) is 5.34. The van der Waals surface area contributed by atoms with E-state index in [1.165, 1.54) is 12.8 Å². The van der Waals surface area contributed by atoms with E-state index in [0.717, 1.165) is 23.6 Å². The minimum Gasteiger partial charge on any atom is -0.311 e. The van der Waals surface area contributed by atoms with Crippen LogP contribution in [0.3, 0.4) is 0 Å². The second kappa shape index (κ2) is 6.64. The Labute approximate surface area is 149 Å². The Morgan fingerprint density at radius 1 is 1.00 bits per heavy atom. The van der Waals surface area contributed by atoms with Gasteiger partial charge in [-0.1, -0.05) is 36.4 Å². The summed E-state index contributed by atoms with van der Waals surface area (Å²) < 4.78 is 28.0. The van der Waals surface area contributed by atoms with Crippen LogP contribution in [0.4, 0.5) is 0 Å².